The van der Waals surface area contributed by atoms with Crippen molar-refractivity contribution in [3.63, 3.8) is 0 Å². The molecule has 0 amide bonds. The summed E-state index contributed by atoms with van der Waals surface area (Å²) in [5.41, 5.74) is 3.91. The van der Waals surface area contributed by atoms with Crippen LogP contribution in [0, 0.1) is 0 Å². The SMILES string of the molecule is Cn1cc(C(=O)Cc2cc(CC(=O)O)cc(-c3nnc(Nc4ccc5[nH]ncc5c4Cl)s3)c2)cn1. The van der Waals surface area contributed by atoms with Crippen molar-refractivity contribution < 1.29 is 14.7 Å². The van der Waals surface area contributed by atoms with Crippen molar-refractivity contribution in [2.75, 3.05) is 5.32 Å². The second-order valence-electron chi connectivity index (χ2n) is 7.91. The van der Waals surface area contributed by atoms with E-state index in [1.165, 1.54) is 17.5 Å². The van der Waals surface area contributed by atoms with Gasteiger partial charge in [0.15, 0.2) is 5.78 Å². The molecule has 0 aliphatic rings. The number of hydrogen-bond acceptors (Lipinski definition) is 8. The number of ketones is 1. The van der Waals surface area contributed by atoms with Crippen LogP contribution in [0.15, 0.2) is 48.9 Å². The first-order valence-corrected chi connectivity index (χ1v) is 11.6. The molecular formula is C23H18ClN7O3S. The van der Waals surface area contributed by atoms with E-state index in [4.69, 9.17) is 11.6 Å². The first-order valence-electron chi connectivity index (χ1n) is 10.4. The fourth-order valence-corrected chi connectivity index (χ4v) is 4.71. The summed E-state index contributed by atoms with van der Waals surface area (Å²) in [4.78, 5) is 24.1. The van der Waals surface area contributed by atoms with Gasteiger partial charge in [-0.3, -0.25) is 19.4 Å². The van der Waals surface area contributed by atoms with Gasteiger partial charge in [-0.25, -0.2) is 0 Å². The number of carboxylic acid groups (broad SMARTS) is 1. The van der Waals surface area contributed by atoms with Crippen LogP contribution < -0.4 is 5.32 Å². The van der Waals surface area contributed by atoms with Crippen LogP contribution in [0.4, 0.5) is 10.8 Å². The molecule has 176 valence electrons. The van der Waals surface area contributed by atoms with E-state index in [0.29, 0.717) is 43.1 Å². The van der Waals surface area contributed by atoms with Gasteiger partial charge in [0.2, 0.25) is 5.13 Å². The summed E-state index contributed by atoms with van der Waals surface area (Å²) in [7, 11) is 1.74. The molecule has 10 nitrogen and oxygen atoms in total. The number of aryl methyl sites for hydroxylation is 1. The number of aromatic nitrogens is 6. The van der Waals surface area contributed by atoms with Gasteiger partial charge >= 0.3 is 5.97 Å². The van der Waals surface area contributed by atoms with Crippen LogP contribution in [0.25, 0.3) is 21.5 Å². The molecule has 3 heterocycles. The summed E-state index contributed by atoms with van der Waals surface area (Å²) in [5.74, 6) is -1.07. The van der Waals surface area contributed by atoms with E-state index in [-0.39, 0.29) is 18.6 Å². The van der Waals surface area contributed by atoms with E-state index >= 15 is 0 Å². The minimum Gasteiger partial charge on any atom is -0.481 e. The zero-order valence-electron chi connectivity index (χ0n) is 18.3. The smallest absolute Gasteiger partial charge is 0.307 e. The fraction of sp³-hybridized carbons (Fsp3) is 0.130. The van der Waals surface area contributed by atoms with Gasteiger partial charge in [0.05, 0.1) is 40.6 Å². The molecule has 0 fully saturated rings. The van der Waals surface area contributed by atoms with Crippen LogP contribution in [0.3, 0.4) is 0 Å². The highest BCUT2D eigenvalue weighted by Crippen LogP contribution is 2.35. The first-order chi connectivity index (χ1) is 16.9. The number of benzene rings is 2. The van der Waals surface area contributed by atoms with E-state index in [1.807, 2.05) is 18.2 Å². The highest BCUT2D eigenvalue weighted by molar-refractivity contribution is 7.18. The molecule has 12 heteroatoms. The molecule has 5 aromatic rings. The Kier molecular flexibility index (Phi) is 6.01. The Morgan fingerprint density at radius 3 is 2.69 bits per heavy atom. The van der Waals surface area contributed by atoms with E-state index in [9.17, 15) is 14.7 Å². The van der Waals surface area contributed by atoms with Crippen molar-refractivity contribution in [2.24, 2.45) is 7.05 Å². The Morgan fingerprint density at radius 2 is 1.94 bits per heavy atom. The second kappa shape index (κ2) is 9.28. The number of fused-ring (bicyclic) bond motifs is 1. The number of rotatable bonds is 8. The molecule has 0 spiro atoms. The standard InChI is InChI=1S/C23H18ClN7O3S/c1-31-11-15(9-26-31)19(32)7-12-4-13(8-20(33)34)6-14(5-12)22-29-30-23(35-22)27-18-3-2-17-16(21(18)24)10-25-28-17/h2-6,9-11H,7-8H2,1H3,(H,25,28)(H,27,30)(H,33,34). The van der Waals surface area contributed by atoms with Crippen molar-refractivity contribution in [1.82, 2.24) is 30.2 Å². The summed E-state index contributed by atoms with van der Waals surface area (Å²) in [6.45, 7) is 0. The van der Waals surface area contributed by atoms with E-state index in [1.54, 1.807) is 36.3 Å². The molecule has 0 radical (unpaired) electrons. The number of Topliss-reactive ketones (excluding diaryl/α,β-unsaturated/α-hetero) is 1. The molecule has 0 aliphatic carbocycles. The Labute approximate surface area is 207 Å². The maximum atomic E-state index is 12.7. The summed E-state index contributed by atoms with van der Waals surface area (Å²) in [6, 6.07) is 8.99. The number of nitrogens with one attached hydrogen (secondary N) is 2. The average Bonchev–Trinajstić information content (AvgIpc) is 3.56. The quantitative estimate of drug-likeness (QED) is 0.265. The van der Waals surface area contributed by atoms with Gasteiger partial charge in [-0.1, -0.05) is 29.0 Å². The first kappa shape index (κ1) is 22.7. The lowest BCUT2D eigenvalue weighted by molar-refractivity contribution is -0.136. The van der Waals surface area contributed by atoms with Crippen LogP contribution in [0.5, 0.6) is 0 Å². The predicted molar refractivity (Wildman–Crippen MR) is 132 cm³/mol. The largest absolute Gasteiger partial charge is 0.481 e. The third kappa shape index (κ3) is 4.91. The topological polar surface area (TPSA) is 139 Å². The monoisotopic (exact) mass is 507 g/mol. The van der Waals surface area contributed by atoms with Gasteiger partial charge in [-0.15, -0.1) is 10.2 Å². The highest BCUT2D eigenvalue weighted by atomic mass is 35.5. The molecule has 0 aliphatic heterocycles. The Hall–Kier alpha value is -4.09. The minimum absolute atomic E-state index is 0.108. The number of carbonyl (C=O) groups is 2. The Morgan fingerprint density at radius 1 is 1.14 bits per heavy atom. The number of carboxylic acids is 1. The van der Waals surface area contributed by atoms with Crippen molar-refractivity contribution in [1.29, 1.82) is 0 Å². The third-order valence-electron chi connectivity index (χ3n) is 5.27. The van der Waals surface area contributed by atoms with Gasteiger partial charge < -0.3 is 10.4 Å². The molecule has 0 saturated carbocycles. The molecule has 0 atom stereocenters. The highest BCUT2D eigenvalue weighted by Gasteiger charge is 2.15. The van der Waals surface area contributed by atoms with E-state index < -0.39 is 5.97 Å². The number of H-pyrrole nitrogens is 1. The van der Waals surface area contributed by atoms with Crippen LogP contribution in [-0.2, 0) is 24.7 Å². The Balaban J connectivity index is 1.43. The molecular weight excluding hydrogens is 490 g/mol. The summed E-state index contributed by atoms with van der Waals surface area (Å²) < 4.78 is 1.56. The van der Waals surface area contributed by atoms with Crippen LogP contribution in [0.1, 0.15) is 21.5 Å². The minimum atomic E-state index is -0.962. The van der Waals surface area contributed by atoms with Gasteiger partial charge in [0.25, 0.3) is 0 Å². The normalized spacial score (nSPS) is 11.1. The third-order valence-corrected chi connectivity index (χ3v) is 6.57. The Bertz CT molecular complexity index is 1570. The molecule has 3 aromatic heterocycles. The van der Waals surface area contributed by atoms with Crippen molar-refractivity contribution >= 4 is 56.4 Å². The van der Waals surface area contributed by atoms with E-state index in [0.717, 1.165) is 10.9 Å². The zero-order chi connectivity index (χ0) is 24.5. The molecule has 5 rings (SSSR count). The van der Waals surface area contributed by atoms with Gasteiger partial charge in [0, 0.05) is 30.6 Å². The number of aliphatic carboxylic acids is 1. The predicted octanol–water partition coefficient (Wildman–Crippen LogP) is 4.26. The van der Waals surface area contributed by atoms with Gasteiger partial charge in [-0.2, -0.15) is 10.2 Å². The number of anilines is 2. The lowest BCUT2D eigenvalue weighted by Crippen LogP contribution is -2.05. The summed E-state index contributed by atoms with van der Waals surface area (Å²) >= 11 is 7.78. The number of aromatic amines is 1. The van der Waals surface area contributed by atoms with Gasteiger partial charge in [0.1, 0.15) is 5.01 Å². The second-order valence-corrected chi connectivity index (χ2v) is 9.26. The molecule has 0 bridgehead atoms. The maximum absolute atomic E-state index is 12.7. The lowest BCUT2D eigenvalue weighted by atomic mass is 9.99. The molecule has 35 heavy (non-hydrogen) atoms. The molecule has 0 saturated heterocycles. The summed E-state index contributed by atoms with van der Waals surface area (Å²) in [6.07, 6.45) is 4.75. The van der Waals surface area contributed by atoms with Gasteiger partial charge in [-0.05, 0) is 35.4 Å². The number of nitrogens with zero attached hydrogens (tertiary/aromatic N) is 5. The van der Waals surface area contributed by atoms with E-state index in [2.05, 4.69) is 30.8 Å². The van der Waals surface area contributed by atoms with Crippen molar-refractivity contribution in [2.45, 2.75) is 12.8 Å². The average molecular weight is 508 g/mol. The molecule has 0 unspecified atom stereocenters. The van der Waals surface area contributed by atoms with Crippen LogP contribution >= 0.6 is 22.9 Å². The van der Waals surface area contributed by atoms with Crippen LogP contribution in [0.2, 0.25) is 5.02 Å². The maximum Gasteiger partial charge on any atom is 0.307 e. The molecule has 2 aromatic carbocycles. The number of halogens is 1. The number of hydrogen-bond donors (Lipinski definition) is 3. The lowest BCUT2D eigenvalue weighted by Gasteiger charge is -2.07. The van der Waals surface area contributed by atoms with Crippen molar-refractivity contribution in [3.05, 3.63) is 70.6 Å². The molecule has 3 N–H and O–H groups in total. The zero-order valence-corrected chi connectivity index (χ0v) is 19.9. The fourth-order valence-electron chi connectivity index (χ4n) is 3.70. The van der Waals surface area contributed by atoms with Crippen molar-refractivity contribution in [3.8, 4) is 10.6 Å². The summed E-state index contributed by atoms with van der Waals surface area (Å²) in [5, 5.41) is 34.2. The number of carbonyl (C=O) groups excluding carboxylic acids is 1. The van der Waals surface area contributed by atoms with Crippen LogP contribution in [-0.4, -0.2) is 47.0 Å².